The van der Waals surface area contributed by atoms with Gasteiger partial charge in [0.25, 0.3) is 0 Å². The van der Waals surface area contributed by atoms with Crippen LogP contribution in [0.25, 0.3) is 22.6 Å². The first-order valence-corrected chi connectivity index (χ1v) is 8.20. The molecule has 0 aliphatic carbocycles. The summed E-state index contributed by atoms with van der Waals surface area (Å²) in [7, 11) is 0. The maximum absolute atomic E-state index is 12.5. The lowest BCUT2D eigenvalue weighted by Crippen LogP contribution is -2.21. The van der Waals surface area contributed by atoms with Crippen molar-refractivity contribution in [2.75, 3.05) is 0 Å². The Morgan fingerprint density at radius 1 is 1.15 bits per heavy atom. The average Bonchev–Trinajstić information content (AvgIpc) is 3.03. The van der Waals surface area contributed by atoms with E-state index in [1.54, 1.807) is 29.0 Å². The second-order valence-corrected chi connectivity index (χ2v) is 6.01. The lowest BCUT2D eigenvalue weighted by molar-refractivity contribution is 0.631. The Kier molecular flexibility index (Phi) is 3.82. The third-order valence-electron chi connectivity index (χ3n) is 4.38. The highest BCUT2D eigenvalue weighted by Gasteiger charge is 2.17. The number of aromatic nitrogens is 4. The minimum absolute atomic E-state index is 0.188. The molecule has 1 atom stereocenters. The van der Waals surface area contributed by atoms with Crippen LogP contribution in [-0.4, -0.2) is 19.5 Å². The summed E-state index contributed by atoms with van der Waals surface area (Å²) in [5.74, 6) is 0. The van der Waals surface area contributed by atoms with Gasteiger partial charge in [-0.25, -0.2) is 14.8 Å². The van der Waals surface area contributed by atoms with E-state index in [-0.39, 0.29) is 11.7 Å². The number of H-pyrrole nitrogens is 1. The highest BCUT2D eigenvalue weighted by Crippen LogP contribution is 2.22. The maximum atomic E-state index is 12.5. The molecule has 4 aromatic rings. The Morgan fingerprint density at radius 3 is 2.73 bits per heavy atom. The highest BCUT2D eigenvalue weighted by atomic mass is 16.1. The van der Waals surface area contributed by atoms with Gasteiger partial charge in [-0.15, -0.1) is 0 Å². The topological polar surface area (TPSA) is 87.4 Å². The summed E-state index contributed by atoms with van der Waals surface area (Å²) in [4.78, 5) is 24.2. The van der Waals surface area contributed by atoms with Crippen LogP contribution in [-0.2, 0) is 0 Å². The second kappa shape index (κ2) is 6.30. The molecule has 6 heteroatoms. The molecule has 2 aromatic heterocycles. The summed E-state index contributed by atoms with van der Waals surface area (Å²) in [6.45, 7) is 1.95. The van der Waals surface area contributed by atoms with Gasteiger partial charge in [0.15, 0.2) is 11.3 Å². The molecule has 6 nitrogen and oxygen atoms in total. The van der Waals surface area contributed by atoms with Gasteiger partial charge in [0.2, 0.25) is 0 Å². The minimum atomic E-state index is -0.251. The molecule has 0 spiro atoms. The average molecular weight is 341 g/mol. The Morgan fingerprint density at radius 2 is 1.96 bits per heavy atom. The Balaban J connectivity index is 1.88. The van der Waals surface area contributed by atoms with Crippen molar-refractivity contribution in [1.82, 2.24) is 19.5 Å². The van der Waals surface area contributed by atoms with Gasteiger partial charge in [-0.1, -0.05) is 42.5 Å². The number of hydrogen-bond donors (Lipinski definition) is 1. The molecule has 1 unspecified atom stereocenters. The van der Waals surface area contributed by atoms with Gasteiger partial charge in [-0.05, 0) is 24.6 Å². The highest BCUT2D eigenvalue weighted by molar-refractivity contribution is 5.71. The fourth-order valence-corrected chi connectivity index (χ4v) is 3.02. The maximum Gasteiger partial charge on any atom is 0.329 e. The number of fused-ring (bicyclic) bond motifs is 1. The largest absolute Gasteiger partial charge is 0.329 e. The number of nitriles is 1. The molecule has 0 saturated heterocycles. The number of nitrogens with one attached hydrogen (secondary N) is 1. The molecule has 4 rings (SSSR count). The molecule has 0 radical (unpaired) electrons. The van der Waals surface area contributed by atoms with E-state index in [2.05, 4.69) is 21.0 Å². The van der Waals surface area contributed by atoms with Crippen LogP contribution >= 0.6 is 0 Å². The van der Waals surface area contributed by atoms with Crippen LogP contribution in [0.3, 0.4) is 0 Å². The molecule has 2 aromatic carbocycles. The van der Waals surface area contributed by atoms with Crippen molar-refractivity contribution >= 4 is 11.3 Å². The molecule has 0 bridgehead atoms. The molecule has 0 aliphatic heterocycles. The zero-order valence-electron chi connectivity index (χ0n) is 14.0. The van der Waals surface area contributed by atoms with Crippen molar-refractivity contribution in [3.05, 3.63) is 82.4 Å². The molecule has 2 heterocycles. The van der Waals surface area contributed by atoms with Crippen LogP contribution in [0.4, 0.5) is 0 Å². The SMILES string of the molecule is CC(c1ccccc1)n1c(=O)[nH]c2ncc(-c3cccc(C#N)c3)nc21. The van der Waals surface area contributed by atoms with Crippen LogP contribution in [0.1, 0.15) is 24.1 Å². The Labute approximate surface area is 149 Å². The lowest BCUT2D eigenvalue weighted by Gasteiger charge is -2.13. The van der Waals surface area contributed by atoms with E-state index < -0.39 is 0 Å². The number of imidazole rings is 1. The quantitative estimate of drug-likeness (QED) is 0.619. The smallest absolute Gasteiger partial charge is 0.289 e. The first-order valence-electron chi connectivity index (χ1n) is 8.20. The summed E-state index contributed by atoms with van der Waals surface area (Å²) in [6, 6.07) is 18.9. The lowest BCUT2D eigenvalue weighted by atomic mass is 10.1. The molecule has 0 aliphatic rings. The summed E-state index contributed by atoms with van der Waals surface area (Å²) in [5.41, 5.74) is 3.64. The van der Waals surface area contributed by atoms with Gasteiger partial charge >= 0.3 is 5.69 Å². The van der Waals surface area contributed by atoms with Gasteiger partial charge < -0.3 is 0 Å². The van der Waals surface area contributed by atoms with E-state index in [0.717, 1.165) is 11.1 Å². The predicted molar refractivity (Wildman–Crippen MR) is 98.6 cm³/mol. The summed E-state index contributed by atoms with van der Waals surface area (Å²) in [6.07, 6.45) is 1.60. The van der Waals surface area contributed by atoms with Crippen molar-refractivity contribution in [2.45, 2.75) is 13.0 Å². The molecule has 0 fully saturated rings. The fraction of sp³-hybridized carbons (Fsp3) is 0.100. The predicted octanol–water partition coefficient (Wildman–Crippen LogP) is 3.27. The van der Waals surface area contributed by atoms with E-state index in [0.29, 0.717) is 22.6 Å². The van der Waals surface area contributed by atoms with Gasteiger partial charge in [0, 0.05) is 5.56 Å². The minimum Gasteiger partial charge on any atom is -0.289 e. The normalized spacial score (nSPS) is 12.0. The zero-order valence-corrected chi connectivity index (χ0v) is 14.0. The van der Waals surface area contributed by atoms with Crippen LogP contribution in [0.2, 0.25) is 0 Å². The molecule has 26 heavy (non-hydrogen) atoms. The van der Waals surface area contributed by atoms with E-state index in [4.69, 9.17) is 5.26 Å². The first-order chi connectivity index (χ1) is 12.7. The molecule has 126 valence electrons. The number of aromatic amines is 1. The van der Waals surface area contributed by atoms with E-state index in [1.807, 2.05) is 43.3 Å². The third kappa shape index (κ3) is 2.66. The van der Waals surface area contributed by atoms with Crippen molar-refractivity contribution < 1.29 is 0 Å². The van der Waals surface area contributed by atoms with Crippen LogP contribution in [0, 0.1) is 11.3 Å². The molecule has 1 N–H and O–H groups in total. The number of benzene rings is 2. The van der Waals surface area contributed by atoms with Gasteiger partial charge in [0.05, 0.1) is 29.6 Å². The fourth-order valence-electron chi connectivity index (χ4n) is 3.02. The molecular formula is C20H15N5O. The van der Waals surface area contributed by atoms with Crippen LogP contribution < -0.4 is 5.69 Å². The number of hydrogen-bond acceptors (Lipinski definition) is 4. The third-order valence-corrected chi connectivity index (χ3v) is 4.38. The van der Waals surface area contributed by atoms with E-state index in [9.17, 15) is 4.79 Å². The summed E-state index contributed by atoms with van der Waals surface area (Å²) in [5, 5.41) is 9.09. The van der Waals surface area contributed by atoms with Gasteiger partial charge in [-0.3, -0.25) is 9.55 Å². The first kappa shape index (κ1) is 15.8. The summed E-state index contributed by atoms with van der Waals surface area (Å²) >= 11 is 0. The van der Waals surface area contributed by atoms with E-state index >= 15 is 0 Å². The molecule has 0 saturated carbocycles. The second-order valence-electron chi connectivity index (χ2n) is 6.01. The molecular weight excluding hydrogens is 326 g/mol. The summed E-state index contributed by atoms with van der Waals surface area (Å²) < 4.78 is 1.61. The Hall–Kier alpha value is -3.72. The van der Waals surface area contributed by atoms with Crippen molar-refractivity contribution in [1.29, 1.82) is 5.26 Å². The molecule has 0 amide bonds. The van der Waals surface area contributed by atoms with Crippen LogP contribution in [0.15, 0.2) is 65.6 Å². The van der Waals surface area contributed by atoms with Crippen LogP contribution in [0.5, 0.6) is 0 Å². The zero-order chi connectivity index (χ0) is 18.1. The number of nitrogens with zero attached hydrogens (tertiary/aromatic N) is 4. The van der Waals surface area contributed by atoms with Gasteiger partial charge in [-0.2, -0.15) is 5.26 Å². The standard InChI is InChI=1S/C20H15N5O/c1-13(15-7-3-2-4-8-15)25-19-18(24-20(25)26)22-12-17(23-19)16-9-5-6-14(10-16)11-21/h2-10,12-13H,1H3,(H,22,24,26). The van der Waals surface area contributed by atoms with Crippen molar-refractivity contribution in [2.24, 2.45) is 0 Å². The number of rotatable bonds is 3. The monoisotopic (exact) mass is 341 g/mol. The Bertz CT molecular complexity index is 1180. The van der Waals surface area contributed by atoms with Crippen molar-refractivity contribution in [3.63, 3.8) is 0 Å². The van der Waals surface area contributed by atoms with Crippen molar-refractivity contribution in [3.8, 4) is 17.3 Å². The van der Waals surface area contributed by atoms with E-state index in [1.165, 1.54) is 0 Å². The van der Waals surface area contributed by atoms with Gasteiger partial charge in [0.1, 0.15) is 0 Å².